The Bertz CT molecular complexity index is 782. The van der Waals surface area contributed by atoms with Crippen molar-refractivity contribution in [2.24, 2.45) is 0 Å². The van der Waals surface area contributed by atoms with Gasteiger partial charge in [0, 0.05) is 19.8 Å². The molecule has 1 aliphatic rings. The van der Waals surface area contributed by atoms with Crippen molar-refractivity contribution in [3.8, 4) is 5.75 Å². The molecule has 1 saturated heterocycles. The average molecular weight is 439 g/mol. The van der Waals surface area contributed by atoms with Crippen LogP contribution in [0.25, 0.3) is 6.08 Å². The Morgan fingerprint density at radius 3 is 2.48 bits per heavy atom. The summed E-state index contributed by atoms with van der Waals surface area (Å²) in [6, 6.07) is 5.86. The zero-order valence-corrected chi connectivity index (χ0v) is 17.3. The van der Waals surface area contributed by atoms with Gasteiger partial charge in [-0.2, -0.15) is 0 Å². The minimum atomic E-state index is -1.92. The highest BCUT2D eigenvalue weighted by Gasteiger charge is 2.53. The Balaban J connectivity index is 2.29. The van der Waals surface area contributed by atoms with Crippen molar-refractivity contribution >= 4 is 18.0 Å². The number of carbonyl (C=O) groups is 2. The van der Waals surface area contributed by atoms with E-state index in [9.17, 15) is 30.0 Å². The Morgan fingerprint density at radius 2 is 1.97 bits per heavy atom. The van der Waals surface area contributed by atoms with Crippen molar-refractivity contribution in [2.45, 2.75) is 55.8 Å². The summed E-state index contributed by atoms with van der Waals surface area (Å²) in [4.78, 5) is 23.6. The van der Waals surface area contributed by atoms with Gasteiger partial charge in [0.2, 0.25) is 5.91 Å². The molecular formula is C21H29NO9. The number of carbonyl (C=O) groups excluding carboxylic acids is 1. The van der Waals surface area contributed by atoms with Gasteiger partial charge in [-0.15, -0.1) is 0 Å². The molecule has 1 heterocycles. The highest BCUT2D eigenvalue weighted by molar-refractivity contribution is 5.78. The van der Waals surface area contributed by atoms with Crippen molar-refractivity contribution in [2.75, 3.05) is 13.7 Å². The first-order valence-electron chi connectivity index (χ1n) is 9.77. The van der Waals surface area contributed by atoms with Gasteiger partial charge in [0.15, 0.2) is 5.60 Å². The molecule has 31 heavy (non-hydrogen) atoms. The van der Waals surface area contributed by atoms with E-state index in [1.807, 2.05) is 0 Å². The molecule has 1 aromatic rings. The summed E-state index contributed by atoms with van der Waals surface area (Å²) in [5, 5.41) is 52.3. The van der Waals surface area contributed by atoms with E-state index in [-0.39, 0.29) is 12.8 Å². The van der Waals surface area contributed by atoms with Gasteiger partial charge in [-0.25, -0.2) is 4.79 Å². The van der Waals surface area contributed by atoms with E-state index in [0.717, 1.165) is 5.56 Å². The number of aliphatic carboxylic acids is 1. The molecule has 0 radical (unpaired) electrons. The molecule has 172 valence electrons. The molecule has 0 aliphatic carbocycles. The van der Waals surface area contributed by atoms with Crippen molar-refractivity contribution < 1.29 is 44.6 Å². The van der Waals surface area contributed by atoms with Crippen LogP contribution in [0.3, 0.4) is 0 Å². The molecule has 0 bridgehead atoms. The minimum Gasteiger partial charge on any atom is -0.497 e. The lowest BCUT2D eigenvalue weighted by Crippen LogP contribution is -2.67. The Labute approximate surface area is 179 Å². The summed E-state index contributed by atoms with van der Waals surface area (Å²) < 4.78 is 10.8. The number of benzene rings is 1. The summed E-state index contributed by atoms with van der Waals surface area (Å²) in [6.07, 6.45) is -3.54. The van der Waals surface area contributed by atoms with Crippen molar-refractivity contribution in [1.29, 1.82) is 0 Å². The van der Waals surface area contributed by atoms with Gasteiger partial charge in [-0.05, 0) is 17.7 Å². The van der Waals surface area contributed by atoms with E-state index in [0.29, 0.717) is 5.75 Å². The fourth-order valence-electron chi connectivity index (χ4n) is 3.54. The zero-order valence-electron chi connectivity index (χ0n) is 17.3. The largest absolute Gasteiger partial charge is 0.497 e. The number of rotatable bonds is 9. The normalized spacial score (nSPS) is 28.1. The fourth-order valence-corrected chi connectivity index (χ4v) is 3.54. The topological polar surface area (TPSA) is 166 Å². The molecule has 6 N–H and O–H groups in total. The Hall–Kier alpha value is -2.50. The van der Waals surface area contributed by atoms with E-state index in [1.165, 1.54) is 6.92 Å². The number of amides is 1. The number of carboxylic acid groups (broad SMARTS) is 1. The molecule has 1 amide bonds. The molecular weight excluding hydrogens is 410 g/mol. The van der Waals surface area contributed by atoms with Crippen molar-refractivity contribution in [3.63, 3.8) is 0 Å². The maximum absolute atomic E-state index is 12.1. The number of methoxy groups -OCH3 is 1. The highest BCUT2D eigenvalue weighted by atomic mass is 16.6. The minimum absolute atomic E-state index is 0.156. The molecule has 1 fully saturated rings. The van der Waals surface area contributed by atoms with Crippen LogP contribution >= 0.6 is 0 Å². The quantitative estimate of drug-likeness (QED) is 0.291. The maximum Gasteiger partial charge on any atom is 0.336 e. The van der Waals surface area contributed by atoms with Gasteiger partial charge >= 0.3 is 5.97 Å². The lowest BCUT2D eigenvalue weighted by Gasteiger charge is -2.46. The summed E-state index contributed by atoms with van der Waals surface area (Å²) in [7, 11) is 1.54. The van der Waals surface area contributed by atoms with Crippen molar-refractivity contribution in [3.05, 3.63) is 35.9 Å². The smallest absolute Gasteiger partial charge is 0.336 e. The second kappa shape index (κ2) is 10.7. The molecule has 2 rings (SSSR count). The summed E-state index contributed by atoms with van der Waals surface area (Å²) in [5.41, 5.74) is -1.14. The summed E-state index contributed by atoms with van der Waals surface area (Å²) >= 11 is 0. The number of carboxylic acids is 1. The van der Waals surface area contributed by atoms with Gasteiger partial charge in [0.1, 0.15) is 24.1 Å². The number of nitrogens with one attached hydrogen (secondary N) is 1. The SMILES string of the molecule is COc1ccc(/C=C/C[C@]2(C(=O)O)C[C@H](O)[C@@H](NC(C)=O)[C@H]([C@H](O)[C@H](O)CO)O2)cc1. The van der Waals surface area contributed by atoms with Crippen LogP contribution in [0.2, 0.25) is 0 Å². The first-order valence-corrected chi connectivity index (χ1v) is 9.77. The van der Waals surface area contributed by atoms with E-state index in [1.54, 1.807) is 43.5 Å². The average Bonchev–Trinajstić information content (AvgIpc) is 2.74. The summed E-state index contributed by atoms with van der Waals surface area (Å²) in [6.45, 7) is 0.372. The van der Waals surface area contributed by atoms with Gasteiger partial charge in [-0.3, -0.25) is 4.79 Å². The standard InChI is InChI=1S/C21H29NO9/c1-12(24)22-17-15(25)10-21(20(28)29,31-19(17)18(27)16(26)11-23)9-3-4-13-5-7-14(30-2)8-6-13/h3-8,15-19,23,25-27H,9-11H2,1-2H3,(H,22,24)(H,28,29)/b4-3+/t15-,16+,17+,18+,19+,21+/m0/s1. The predicted octanol–water partition coefficient (Wildman–Crippen LogP) is -0.709. The zero-order chi connectivity index (χ0) is 23.2. The number of ether oxygens (including phenoxy) is 2. The van der Waals surface area contributed by atoms with Gasteiger partial charge < -0.3 is 40.3 Å². The molecule has 0 unspecified atom stereocenters. The third-order valence-electron chi connectivity index (χ3n) is 5.22. The third-order valence-corrected chi connectivity index (χ3v) is 5.22. The molecule has 10 heteroatoms. The summed E-state index contributed by atoms with van der Waals surface area (Å²) in [5.74, 6) is -1.24. The van der Waals surface area contributed by atoms with Crippen molar-refractivity contribution in [1.82, 2.24) is 5.32 Å². The van der Waals surface area contributed by atoms with E-state index < -0.39 is 54.5 Å². The van der Waals surface area contributed by atoms with E-state index in [4.69, 9.17) is 14.6 Å². The van der Waals surface area contributed by atoms with E-state index >= 15 is 0 Å². The number of hydrogen-bond donors (Lipinski definition) is 6. The Kier molecular flexibility index (Phi) is 8.54. The first-order chi connectivity index (χ1) is 14.6. The van der Waals surface area contributed by atoms with Crippen LogP contribution < -0.4 is 10.1 Å². The van der Waals surface area contributed by atoms with Gasteiger partial charge in [0.05, 0.1) is 25.9 Å². The molecule has 0 saturated carbocycles. The van der Waals surface area contributed by atoms with Crippen LogP contribution in [0.4, 0.5) is 0 Å². The first kappa shape index (κ1) is 24.8. The van der Waals surface area contributed by atoms with Crippen LogP contribution in [0.1, 0.15) is 25.3 Å². The third kappa shape index (κ3) is 6.02. The predicted molar refractivity (Wildman–Crippen MR) is 109 cm³/mol. The second-order valence-electron chi connectivity index (χ2n) is 7.50. The second-order valence-corrected chi connectivity index (χ2v) is 7.50. The molecule has 0 aromatic heterocycles. The van der Waals surface area contributed by atoms with Crippen LogP contribution in [-0.2, 0) is 14.3 Å². The van der Waals surface area contributed by atoms with E-state index in [2.05, 4.69) is 5.32 Å². The molecule has 1 aliphatic heterocycles. The van der Waals surface area contributed by atoms with Gasteiger partial charge in [-0.1, -0.05) is 24.3 Å². The Morgan fingerprint density at radius 1 is 1.32 bits per heavy atom. The van der Waals surface area contributed by atoms with Crippen LogP contribution in [0.5, 0.6) is 5.75 Å². The molecule has 0 spiro atoms. The molecule has 1 aromatic carbocycles. The number of aliphatic hydroxyl groups excluding tert-OH is 4. The number of hydrogen-bond acceptors (Lipinski definition) is 8. The maximum atomic E-state index is 12.1. The number of aliphatic hydroxyl groups is 4. The van der Waals surface area contributed by atoms with Crippen LogP contribution in [0, 0.1) is 0 Å². The highest BCUT2D eigenvalue weighted by Crippen LogP contribution is 2.35. The monoisotopic (exact) mass is 439 g/mol. The lowest BCUT2D eigenvalue weighted by atomic mass is 9.81. The fraction of sp³-hybridized carbons (Fsp3) is 0.524. The van der Waals surface area contributed by atoms with Crippen LogP contribution in [0.15, 0.2) is 30.3 Å². The van der Waals surface area contributed by atoms with Crippen LogP contribution in [-0.4, -0.2) is 87.2 Å². The molecule has 10 nitrogen and oxygen atoms in total. The lowest BCUT2D eigenvalue weighted by molar-refractivity contribution is -0.228. The van der Waals surface area contributed by atoms with Gasteiger partial charge in [0.25, 0.3) is 0 Å². The molecule has 6 atom stereocenters.